The third kappa shape index (κ3) is 2.64. The van der Waals surface area contributed by atoms with Crippen LogP contribution in [0, 0.1) is 0 Å². The van der Waals surface area contributed by atoms with Crippen molar-refractivity contribution in [3.05, 3.63) is 39.6 Å². The second-order valence-corrected chi connectivity index (χ2v) is 5.56. The van der Waals surface area contributed by atoms with Crippen molar-refractivity contribution < 1.29 is 0 Å². The summed E-state index contributed by atoms with van der Waals surface area (Å²) in [7, 11) is 0. The predicted octanol–water partition coefficient (Wildman–Crippen LogP) is 2.86. The molecule has 0 spiro atoms. The van der Waals surface area contributed by atoms with Crippen LogP contribution in [0.1, 0.15) is 23.5 Å². The molecule has 0 amide bonds. The van der Waals surface area contributed by atoms with Gasteiger partial charge in [0.1, 0.15) is 0 Å². The molecule has 86 valence electrons. The first-order chi connectivity index (χ1) is 7.66. The van der Waals surface area contributed by atoms with E-state index in [-0.39, 0.29) is 6.04 Å². The molecule has 0 aromatic carbocycles. The average Bonchev–Trinajstić information content (AvgIpc) is 2.83. The molecule has 16 heavy (non-hydrogen) atoms. The Hall–Kier alpha value is -0.840. The summed E-state index contributed by atoms with van der Waals surface area (Å²) >= 11 is 7.51. The number of nitrogens with zero attached hydrogens (tertiary/aromatic N) is 2. The monoisotopic (exact) mass is 255 g/mol. The van der Waals surface area contributed by atoms with Crippen LogP contribution < -0.4 is 5.73 Å². The molecule has 0 saturated heterocycles. The minimum absolute atomic E-state index is 0.0226. The summed E-state index contributed by atoms with van der Waals surface area (Å²) in [5.41, 5.74) is 6.92. The smallest absolute Gasteiger partial charge is 0.0948 e. The van der Waals surface area contributed by atoms with Crippen molar-refractivity contribution in [2.45, 2.75) is 25.9 Å². The van der Waals surface area contributed by atoms with Gasteiger partial charge in [0.2, 0.25) is 0 Å². The van der Waals surface area contributed by atoms with Crippen LogP contribution in [0.4, 0.5) is 0 Å². The van der Waals surface area contributed by atoms with Gasteiger partial charge in [0.25, 0.3) is 0 Å². The molecular weight excluding hydrogens is 242 g/mol. The van der Waals surface area contributed by atoms with Gasteiger partial charge in [-0.3, -0.25) is 0 Å². The number of halogens is 1. The molecule has 3 nitrogen and oxygen atoms in total. The molecule has 5 heteroatoms. The van der Waals surface area contributed by atoms with Crippen molar-refractivity contribution >= 4 is 22.9 Å². The normalized spacial score (nSPS) is 12.9. The molecule has 2 rings (SSSR count). The van der Waals surface area contributed by atoms with Gasteiger partial charge in [0.15, 0.2) is 0 Å². The number of aromatic nitrogens is 2. The van der Waals surface area contributed by atoms with Gasteiger partial charge in [0.05, 0.1) is 16.4 Å². The average molecular weight is 256 g/mol. The summed E-state index contributed by atoms with van der Waals surface area (Å²) < 4.78 is 2.94. The molecule has 0 bridgehead atoms. The van der Waals surface area contributed by atoms with E-state index in [4.69, 9.17) is 17.3 Å². The fraction of sp³-hybridized carbons (Fsp3) is 0.364. The zero-order chi connectivity index (χ0) is 11.5. The van der Waals surface area contributed by atoms with E-state index in [1.165, 1.54) is 4.88 Å². The fourth-order valence-electron chi connectivity index (χ4n) is 1.61. The summed E-state index contributed by atoms with van der Waals surface area (Å²) in [5, 5.41) is 0. The highest BCUT2D eigenvalue weighted by Gasteiger charge is 2.06. The molecule has 0 aliphatic carbocycles. The third-order valence-corrected chi connectivity index (χ3v) is 3.73. The minimum atomic E-state index is 0.0226. The van der Waals surface area contributed by atoms with E-state index < -0.39 is 0 Å². The second kappa shape index (κ2) is 4.99. The standard InChI is InChI=1S/C11H14ClN3S/c1-8(13)10-6-14-7-15(10)5-4-9-2-3-11(12)16-9/h2-3,6-8H,4-5,13H2,1H3. The van der Waals surface area contributed by atoms with E-state index in [0.717, 1.165) is 23.0 Å². The maximum atomic E-state index is 5.88. The lowest BCUT2D eigenvalue weighted by Crippen LogP contribution is -2.12. The summed E-state index contributed by atoms with van der Waals surface area (Å²) in [6.45, 7) is 2.86. The van der Waals surface area contributed by atoms with Crippen molar-refractivity contribution in [1.82, 2.24) is 9.55 Å². The van der Waals surface area contributed by atoms with Crippen LogP contribution in [0.25, 0.3) is 0 Å². The fourth-order valence-corrected chi connectivity index (χ4v) is 2.69. The van der Waals surface area contributed by atoms with Crippen molar-refractivity contribution in [2.24, 2.45) is 5.73 Å². The Balaban J connectivity index is 2.02. The molecule has 2 N–H and O–H groups in total. The number of nitrogens with two attached hydrogens (primary N) is 1. The Morgan fingerprint density at radius 3 is 3.00 bits per heavy atom. The van der Waals surface area contributed by atoms with Gasteiger partial charge >= 0.3 is 0 Å². The van der Waals surface area contributed by atoms with Crippen molar-refractivity contribution in [1.29, 1.82) is 0 Å². The first-order valence-corrected chi connectivity index (χ1v) is 6.36. The number of imidazole rings is 1. The summed E-state index contributed by atoms with van der Waals surface area (Å²) in [4.78, 5) is 5.41. The maximum Gasteiger partial charge on any atom is 0.0948 e. The van der Waals surface area contributed by atoms with Crippen LogP contribution in [0.15, 0.2) is 24.7 Å². The van der Waals surface area contributed by atoms with Crippen LogP contribution in [0.2, 0.25) is 4.34 Å². The highest BCUT2D eigenvalue weighted by atomic mass is 35.5. The largest absolute Gasteiger partial charge is 0.333 e. The number of hydrogen-bond donors (Lipinski definition) is 1. The summed E-state index contributed by atoms with van der Waals surface area (Å²) in [5.74, 6) is 0. The van der Waals surface area contributed by atoms with E-state index in [2.05, 4.69) is 15.6 Å². The van der Waals surface area contributed by atoms with E-state index >= 15 is 0 Å². The SMILES string of the molecule is CC(N)c1cncn1CCc1ccc(Cl)s1. The van der Waals surface area contributed by atoms with Gasteiger partial charge in [-0.2, -0.15) is 0 Å². The number of thiophene rings is 1. The van der Waals surface area contributed by atoms with Crippen LogP contribution in [-0.2, 0) is 13.0 Å². The Labute approximate surface area is 104 Å². The second-order valence-electron chi connectivity index (χ2n) is 3.76. The van der Waals surface area contributed by atoms with Crippen LogP contribution in [0.3, 0.4) is 0 Å². The zero-order valence-electron chi connectivity index (χ0n) is 9.06. The molecule has 2 aromatic rings. The lowest BCUT2D eigenvalue weighted by atomic mass is 10.2. The Kier molecular flexibility index (Phi) is 3.63. The molecule has 2 heterocycles. The molecule has 1 unspecified atom stereocenters. The van der Waals surface area contributed by atoms with E-state index in [9.17, 15) is 0 Å². The first-order valence-electron chi connectivity index (χ1n) is 5.16. The predicted molar refractivity (Wildman–Crippen MR) is 67.9 cm³/mol. The van der Waals surface area contributed by atoms with Crippen molar-refractivity contribution in [3.63, 3.8) is 0 Å². The lowest BCUT2D eigenvalue weighted by Gasteiger charge is -2.09. The molecule has 0 aliphatic heterocycles. The topological polar surface area (TPSA) is 43.8 Å². The molecular formula is C11H14ClN3S. The molecule has 0 aliphatic rings. The highest BCUT2D eigenvalue weighted by Crippen LogP contribution is 2.22. The van der Waals surface area contributed by atoms with Crippen molar-refractivity contribution in [2.75, 3.05) is 0 Å². The summed E-state index contributed by atoms with van der Waals surface area (Å²) in [6, 6.07) is 4.02. The van der Waals surface area contributed by atoms with Gasteiger partial charge in [-0.1, -0.05) is 11.6 Å². The first kappa shape index (κ1) is 11.6. The maximum absolute atomic E-state index is 5.88. The van der Waals surface area contributed by atoms with Gasteiger partial charge in [-0.15, -0.1) is 11.3 Å². The molecule has 0 saturated carbocycles. The van der Waals surface area contributed by atoms with Crippen molar-refractivity contribution in [3.8, 4) is 0 Å². The molecule has 1 atom stereocenters. The lowest BCUT2D eigenvalue weighted by molar-refractivity contribution is 0.627. The number of aryl methyl sites for hydroxylation is 2. The van der Waals surface area contributed by atoms with E-state index in [1.807, 2.05) is 25.5 Å². The quantitative estimate of drug-likeness (QED) is 0.913. The Morgan fingerprint density at radius 1 is 1.56 bits per heavy atom. The zero-order valence-corrected chi connectivity index (χ0v) is 10.6. The third-order valence-electron chi connectivity index (χ3n) is 2.44. The summed E-state index contributed by atoms with van der Waals surface area (Å²) in [6.07, 6.45) is 4.62. The molecule has 2 aromatic heterocycles. The van der Waals surface area contributed by atoms with Gasteiger partial charge < -0.3 is 10.3 Å². The van der Waals surface area contributed by atoms with E-state index in [0.29, 0.717) is 0 Å². The molecule has 0 fully saturated rings. The van der Waals surface area contributed by atoms with Crippen LogP contribution in [-0.4, -0.2) is 9.55 Å². The number of hydrogen-bond acceptors (Lipinski definition) is 3. The van der Waals surface area contributed by atoms with Crippen LogP contribution in [0.5, 0.6) is 0 Å². The van der Waals surface area contributed by atoms with Crippen LogP contribution >= 0.6 is 22.9 Å². The Morgan fingerprint density at radius 2 is 2.38 bits per heavy atom. The van der Waals surface area contributed by atoms with Gasteiger partial charge in [-0.05, 0) is 25.5 Å². The Bertz CT molecular complexity index is 461. The highest BCUT2D eigenvalue weighted by molar-refractivity contribution is 7.16. The molecule has 0 radical (unpaired) electrons. The van der Waals surface area contributed by atoms with E-state index in [1.54, 1.807) is 11.3 Å². The number of rotatable bonds is 4. The van der Waals surface area contributed by atoms with Gasteiger partial charge in [0, 0.05) is 23.7 Å². The minimum Gasteiger partial charge on any atom is -0.333 e. The van der Waals surface area contributed by atoms with Gasteiger partial charge in [-0.25, -0.2) is 4.98 Å².